The predicted molar refractivity (Wildman–Crippen MR) is 108 cm³/mol. The van der Waals surface area contributed by atoms with E-state index in [9.17, 15) is 14.7 Å². The maximum absolute atomic E-state index is 12.8. The van der Waals surface area contributed by atoms with Crippen LogP contribution in [0.3, 0.4) is 0 Å². The van der Waals surface area contributed by atoms with Crippen molar-refractivity contribution in [1.29, 1.82) is 0 Å². The molecular formula is C21H27NO3S. The molecule has 1 aromatic rings. The molecule has 0 radical (unpaired) electrons. The van der Waals surface area contributed by atoms with Gasteiger partial charge in [0.05, 0.1) is 5.71 Å². The summed E-state index contributed by atoms with van der Waals surface area (Å²) < 4.78 is 0. The summed E-state index contributed by atoms with van der Waals surface area (Å²) in [5, 5.41) is 10.3. The van der Waals surface area contributed by atoms with E-state index in [0.717, 1.165) is 12.0 Å². The highest BCUT2D eigenvalue weighted by molar-refractivity contribution is 8.14. The molecule has 2 rings (SSSR count). The number of allylic oxidation sites excluding steroid dienone is 1. The lowest BCUT2D eigenvalue weighted by atomic mass is 9.62. The van der Waals surface area contributed by atoms with Gasteiger partial charge in [0.15, 0.2) is 0 Å². The molecule has 4 nitrogen and oxygen atoms in total. The molecule has 1 N–H and O–H groups in total. The molecule has 5 heteroatoms. The minimum atomic E-state index is -1.18. The summed E-state index contributed by atoms with van der Waals surface area (Å²) in [6, 6.07) is 9.48. The zero-order chi connectivity index (χ0) is 19.3. The predicted octanol–water partition coefficient (Wildman–Crippen LogP) is 4.94. The van der Waals surface area contributed by atoms with Crippen LogP contribution in [0.5, 0.6) is 0 Å². The van der Waals surface area contributed by atoms with Gasteiger partial charge in [-0.2, -0.15) is 0 Å². The third kappa shape index (κ3) is 3.50. The number of carboxylic acid groups (broad SMARTS) is 1. The number of benzene rings is 1. The second-order valence-electron chi connectivity index (χ2n) is 6.52. The number of hydrogen-bond donors (Lipinski definition) is 1. The van der Waals surface area contributed by atoms with Crippen molar-refractivity contribution in [3.05, 3.63) is 47.2 Å². The molecule has 1 aliphatic heterocycles. The molecule has 2 unspecified atom stereocenters. The summed E-state index contributed by atoms with van der Waals surface area (Å²) in [4.78, 5) is 30.1. The van der Waals surface area contributed by atoms with Gasteiger partial charge in [-0.25, -0.2) is 0 Å². The minimum Gasteiger partial charge on any atom is -0.481 e. The molecule has 0 spiro atoms. The molecule has 0 aromatic heterocycles. The Kier molecular flexibility index (Phi) is 6.81. The second kappa shape index (κ2) is 8.67. The number of aliphatic carboxylic acids is 1. The van der Waals surface area contributed by atoms with E-state index >= 15 is 0 Å². The average molecular weight is 374 g/mol. The number of hydrogen-bond acceptors (Lipinski definition) is 4. The van der Waals surface area contributed by atoms with E-state index in [2.05, 4.69) is 0 Å². The molecule has 1 aromatic carbocycles. The number of rotatable bonds is 7. The van der Waals surface area contributed by atoms with Gasteiger partial charge >= 0.3 is 5.97 Å². The van der Waals surface area contributed by atoms with E-state index in [4.69, 9.17) is 4.99 Å². The van der Waals surface area contributed by atoms with Crippen molar-refractivity contribution in [2.75, 3.05) is 5.75 Å². The van der Waals surface area contributed by atoms with Gasteiger partial charge in [0.25, 0.3) is 0 Å². The van der Waals surface area contributed by atoms with E-state index in [-0.39, 0.29) is 11.0 Å². The molecule has 0 saturated carbocycles. The highest BCUT2D eigenvalue weighted by atomic mass is 32.2. The van der Waals surface area contributed by atoms with Crippen molar-refractivity contribution in [1.82, 2.24) is 0 Å². The Bertz CT molecular complexity index is 739. The fourth-order valence-corrected chi connectivity index (χ4v) is 4.61. The number of carbonyl (C=O) groups is 2. The van der Waals surface area contributed by atoms with Gasteiger partial charge < -0.3 is 5.11 Å². The highest BCUT2D eigenvalue weighted by Crippen LogP contribution is 2.48. The first-order valence-electron chi connectivity index (χ1n) is 9.19. The smallest absolute Gasteiger partial charge is 0.316 e. The molecule has 0 fully saturated rings. The second-order valence-corrected chi connectivity index (χ2v) is 7.75. The average Bonchev–Trinajstić information content (AvgIpc) is 2.62. The zero-order valence-electron chi connectivity index (χ0n) is 15.9. The van der Waals surface area contributed by atoms with Crippen LogP contribution >= 0.6 is 11.8 Å². The van der Waals surface area contributed by atoms with Crippen LogP contribution in [-0.2, 0) is 9.59 Å². The Labute approximate surface area is 159 Å². The third-order valence-electron chi connectivity index (χ3n) is 5.09. The van der Waals surface area contributed by atoms with E-state index in [1.807, 2.05) is 58.0 Å². The first-order valence-corrected chi connectivity index (χ1v) is 10.2. The van der Waals surface area contributed by atoms with Crippen LogP contribution < -0.4 is 0 Å². The standard InChI is InChI=1S/C21H27NO3S/c1-5-11-16-17(19(23)26-7-3)14(4)22-18(15-12-9-8-10-13-15)21(16,6-2)20(24)25/h8-10,12-13,16H,5-7,11H2,1-4H3,(H,24,25). The van der Waals surface area contributed by atoms with Crippen molar-refractivity contribution in [2.24, 2.45) is 16.3 Å². The summed E-state index contributed by atoms with van der Waals surface area (Å²) in [5.74, 6) is -0.606. The molecule has 1 aliphatic rings. The van der Waals surface area contributed by atoms with Gasteiger partial charge in [-0.1, -0.05) is 69.3 Å². The maximum atomic E-state index is 12.8. The van der Waals surface area contributed by atoms with Crippen LogP contribution in [0.15, 0.2) is 46.6 Å². The van der Waals surface area contributed by atoms with Crippen LogP contribution in [0.25, 0.3) is 0 Å². The first-order chi connectivity index (χ1) is 12.4. The molecule has 0 saturated heterocycles. The normalized spacial score (nSPS) is 22.9. The lowest BCUT2D eigenvalue weighted by Crippen LogP contribution is -2.49. The van der Waals surface area contributed by atoms with Crippen LogP contribution in [0.2, 0.25) is 0 Å². The molecule has 0 amide bonds. The molecule has 0 aliphatic carbocycles. The quantitative estimate of drug-likeness (QED) is 0.735. The van der Waals surface area contributed by atoms with Crippen molar-refractivity contribution in [3.8, 4) is 0 Å². The summed E-state index contributed by atoms with van der Waals surface area (Å²) >= 11 is 1.23. The van der Waals surface area contributed by atoms with Gasteiger partial charge in [0.2, 0.25) is 5.12 Å². The number of thioether (sulfide) groups is 1. The highest BCUT2D eigenvalue weighted by Gasteiger charge is 2.53. The molecule has 26 heavy (non-hydrogen) atoms. The largest absolute Gasteiger partial charge is 0.481 e. The Morgan fingerprint density at radius 2 is 1.85 bits per heavy atom. The van der Waals surface area contributed by atoms with Gasteiger partial charge in [-0.05, 0) is 31.1 Å². The fraction of sp³-hybridized carbons (Fsp3) is 0.476. The maximum Gasteiger partial charge on any atom is 0.316 e. The van der Waals surface area contributed by atoms with Gasteiger partial charge in [0.1, 0.15) is 5.41 Å². The fourth-order valence-electron chi connectivity index (χ4n) is 3.90. The lowest BCUT2D eigenvalue weighted by molar-refractivity contribution is -0.147. The monoisotopic (exact) mass is 373 g/mol. The Hall–Kier alpha value is -1.88. The van der Waals surface area contributed by atoms with E-state index in [1.165, 1.54) is 11.8 Å². The molecule has 1 heterocycles. The van der Waals surface area contributed by atoms with E-state index in [1.54, 1.807) is 0 Å². The van der Waals surface area contributed by atoms with Gasteiger partial charge in [-0.15, -0.1) is 0 Å². The number of aliphatic imine (C=N–C) groups is 1. The van der Waals surface area contributed by atoms with Gasteiger partial charge in [-0.3, -0.25) is 14.6 Å². The topological polar surface area (TPSA) is 66.7 Å². The molecule has 0 bridgehead atoms. The van der Waals surface area contributed by atoms with E-state index in [0.29, 0.717) is 35.6 Å². The van der Waals surface area contributed by atoms with Crippen molar-refractivity contribution < 1.29 is 14.7 Å². The van der Waals surface area contributed by atoms with E-state index < -0.39 is 11.4 Å². The van der Waals surface area contributed by atoms with Crippen LogP contribution in [0, 0.1) is 11.3 Å². The lowest BCUT2D eigenvalue weighted by Gasteiger charge is -2.41. The Morgan fingerprint density at radius 1 is 1.19 bits per heavy atom. The van der Waals surface area contributed by atoms with Crippen molar-refractivity contribution >= 4 is 28.6 Å². The third-order valence-corrected chi connectivity index (χ3v) is 5.87. The van der Waals surface area contributed by atoms with Crippen LogP contribution in [0.4, 0.5) is 0 Å². The Morgan fingerprint density at radius 3 is 2.35 bits per heavy atom. The van der Waals surface area contributed by atoms with Crippen molar-refractivity contribution in [2.45, 2.75) is 47.0 Å². The summed E-state index contributed by atoms with van der Waals surface area (Å²) in [5.41, 5.74) is 1.44. The summed E-state index contributed by atoms with van der Waals surface area (Å²) in [6.45, 7) is 7.67. The first kappa shape index (κ1) is 20.4. The summed E-state index contributed by atoms with van der Waals surface area (Å²) in [7, 11) is 0. The SMILES string of the molecule is CCCC1C(C(=O)SCC)=C(C)N=C(c2ccccc2)C1(CC)C(=O)O. The molecular weight excluding hydrogens is 346 g/mol. The molecule has 140 valence electrons. The van der Waals surface area contributed by atoms with Crippen LogP contribution in [-0.4, -0.2) is 27.7 Å². The number of nitrogens with zero attached hydrogens (tertiary/aromatic N) is 1. The van der Waals surface area contributed by atoms with Gasteiger partial charge in [0, 0.05) is 17.2 Å². The minimum absolute atomic E-state index is 0.0432. The zero-order valence-corrected chi connectivity index (χ0v) is 16.7. The van der Waals surface area contributed by atoms with Crippen molar-refractivity contribution in [3.63, 3.8) is 0 Å². The summed E-state index contributed by atoms with van der Waals surface area (Å²) in [6.07, 6.45) is 1.85. The number of carbonyl (C=O) groups excluding carboxylic acids is 1. The molecule has 2 atom stereocenters. The number of carboxylic acids is 1. The van der Waals surface area contributed by atoms with Crippen LogP contribution in [0.1, 0.15) is 52.5 Å². The Balaban J connectivity index is 2.77.